The first-order valence-electron chi connectivity index (χ1n) is 8.78. The number of hydrogen-bond donors (Lipinski definition) is 1. The molecule has 3 rings (SSSR count). The highest BCUT2D eigenvalue weighted by Gasteiger charge is 2.48. The molecular formula is C19H24FNO3. The molecule has 0 radical (unpaired) electrons. The van der Waals surface area contributed by atoms with Crippen molar-refractivity contribution in [3.63, 3.8) is 0 Å². The van der Waals surface area contributed by atoms with Gasteiger partial charge in [-0.2, -0.15) is 0 Å². The number of aliphatic carboxylic acids is 1. The minimum Gasteiger partial charge on any atom is -0.481 e. The van der Waals surface area contributed by atoms with Crippen LogP contribution in [0, 0.1) is 11.7 Å². The zero-order valence-electron chi connectivity index (χ0n) is 13.8. The summed E-state index contributed by atoms with van der Waals surface area (Å²) >= 11 is 0. The summed E-state index contributed by atoms with van der Waals surface area (Å²) in [5, 5.41) is 8.85. The van der Waals surface area contributed by atoms with E-state index in [1.54, 1.807) is 6.07 Å². The summed E-state index contributed by atoms with van der Waals surface area (Å²) in [6, 6.07) is 6.42. The lowest BCUT2D eigenvalue weighted by Gasteiger charge is -2.46. The molecule has 1 heterocycles. The van der Waals surface area contributed by atoms with E-state index in [1.807, 2.05) is 11.0 Å². The summed E-state index contributed by atoms with van der Waals surface area (Å²) in [4.78, 5) is 25.8. The lowest BCUT2D eigenvalue weighted by molar-refractivity contribution is -0.143. The van der Waals surface area contributed by atoms with E-state index < -0.39 is 11.4 Å². The third-order valence-electron chi connectivity index (χ3n) is 5.57. The minimum atomic E-state index is -0.784. The van der Waals surface area contributed by atoms with Crippen LogP contribution in [0.1, 0.15) is 50.5 Å². The number of likely N-dealkylation sites (tertiary alicyclic amines) is 1. The van der Waals surface area contributed by atoms with Crippen molar-refractivity contribution in [3.8, 4) is 0 Å². The van der Waals surface area contributed by atoms with Crippen LogP contribution in [-0.4, -0.2) is 35.0 Å². The van der Waals surface area contributed by atoms with Gasteiger partial charge in [-0.15, -0.1) is 0 Å². The Kier molecular flexibility index (Phi) is 4.88. The molecule has 1 unspecified atom stereocenters. The molecule has 1 aromatic carbocycles. The van der Waals surface area contributed by atoms with Gasteiger partial charge < -0.3 is 10.0 Å². The van der Waals surface area contributed by atoms with Gasteiger partial charge in [0, 0.05) is 19.5 Å². The molecule has 0 aromatic heterocycles. The van der Waals surface area contributed by atoms with Gasteiger partial charge >= 0.3 is 5.97 Å². The number of rotatable bonds is 5. The highest BCUT2D eigenvalue weighted by Crippen LogP contribution is 2.46. The van der Waals surface area contributed by atoms with Gasteiger partial charge in [0.15, 0.2) is 0 Å². The Bertz CT molecular complexity index is 627. The molecule has 0 spiro atoms. The van der Waals surface area contributed by atoms with Crippen LogP contribution in [0.4, 0.5) is 4.39 Å². The number of carboxylic acids is 1. The second-order valence-corrected chi connectivity index (χ2v) is 7.14. The largest absolute Gasteiger partial charge is 0.481 e. The number of piperidine rings is 1. The Morgan fingerprint density at radius 2 is 2.08 bits per heavy atom. The monoisotopic (exact) mass is 333 g/mol. The number of nitrogens with zero attached hydrogens (tertiary/aromatic N) is 1. The number of halogens is 1. The van der Waals surface area contributed by atoms with Crippen LogP contribution >= 0.6 is 0 Å². The Morgan fingerprint density at radius 1 is 1.29 bits per heavy atom. The Balaban J connectivity index is 1.73. The van der Waals surface area contributed by atoms with E-state index in [4.69, 9.17) is 5.11 Å². The number of benzene rings is 1. The van der Waals surface area contributed by atoms with Crippen molar-refractivity contribution in [2.75, 3.05) is 13.1 Å². The molecule has 0 bridgehead atoms. The first-order chi connectivity index (χ1) is 11.5. The predicted octanol–water partition coefficient (Wildman–Crippen LogP) is 3.35. The zero-order chi connectivity index (χ0) is 17.2. The number of hydrogen-bond acceptors (Lipinski definition) is 2. The molecule has 1 atom stereocenters. The SMILES string of the molecule is O=C(O)CCC1CCCN(C(=O)C2(c3cccc(F)c3)CCC2)C1. The molecule has 5 heteroatoms. The van der Waals surface area contributed by atoms with Gasteiger partial charge in [-0.1, -0.05) is 18.6 Å². The fraction of sp³-hybridized carbons (Fsp3) is 0.579. The van der Waals surface area contributed by atoms with E-state index in [9.17, 15) is 14.0 Å². The topological polar surface area (TPSA) is 57.6 Å². The quantitative estimate of drug-likeness (QED) is 0.899. The molecular weight excluding hydrogens is 309 g/mol. The van der Waals surface area contributed by atoms with Crippen LogP contribution in [0.3, 0.4) is 0 Å². The average molecular weight is 333 g/mol. The molecule has 1 aliphatic heterocycles. The molecule has 4 nitrogen and oxygen atoms in total. The van der Waals surface area contributed by atoms with Crippen LogP contribution in [0.5, 0.6) is 0 Å². The normalized spacial score (nSPS) is 22.7. The van der Waals surface area contributed by atoms with Gasteiger partial charge in [-0.05, 0) is 55.7 Å². The van der Waals surface area contributed by atoms with E-state index in [0.717, 1.165) is 44.2 Å². The first-order valence-corrected chi connectivity index (χ1v) is 8.78. The van der Waals surface area contributed by atoms with E-state index in [2.05, 4.69) is 0 Å². The van der Waals surface area contributed by atoms with Crippen LogP contribution in [0.2, 0.25) is 0 Å². The molecule has 1 saturated heterocycles. The maximum Gasteiger partial charge on any atom is 0.303 e. The molecule has 1 saturated carbocycles. The standard InChI is InChI=1S/C19H24FNO3/c20-16-6-1-5-15(12-16)19(9-3-10-19)18(24)21-11-2-4-14(13-21)7-8-17(22)23/h1,5-6,12,14H,2-4,7-11,13H2,(H,22,23). The molecule has 130 valence electrons. The second kappa shape index (κ2) is 6.91. The van der Waals surface area contributed by atoms with E-state index in [0.29, 0.717) is 13.0 Å². The van der Waals surface area contributed by atoms with Crippen LogP contribution in [0.15, 0.2) is 24.3 Å². The van der Waals surface area contributed by atoms with Gasteiger partial charge in [-0.3, -0.25) is 9.59 Å². The number of amides is 1. The summed E-state index contributed by atoms with van der Waals surface area (Å²) in [5.74, 6) is -0.735. The molecule has 1 amide bonds. The summed E-state index contributed by atoms with van der Waals surface area (Å²) in [7, 11) is 0. The third kappa shape index (κ3) is 3.30. The van der Waals surface area contributed by atoms with E-state index >= 15 is 0 Å². The molecule has 2 fully saturated rings. The summed E-state index contributed by atoms with van der Waals surface area (Å²) in [6.45, 7) is 1.35. The Morgan fingerprint density at radius 3 is 2.71 bits per heavy atom. The van der Waals surface area contributed by atoms with Gasteiger partial charge in [0.05, 0.1) is 5.41 Å². The van der Waals surface area contributed by atoms with Crippen LogP contribution in [0.25, 0.3) is 0 Å². The maximum atomic E-state index is 13.6. The fourth-order valence-corrected chi connectivity index (χ4v) is 4.06. The predicted molar refractivity (Wildman–Crippen MR) is 88.1 cm³/mol. The number of carbonyl (C=O) groups excluding carboxylic acids is 1. The van der Waals surface area contributed by atoms with Gasteiger partial charge in [0.2, 0.25) is 5.91 Å². The van der Waals surface area contributed by atoms with Crippen molar-refractivity contribution in [1.82, 2.24) is 4.90 Å². The number of carboxylic acid groups (broad SMARTS) is 1. The summed E-state index contributed by atoms with van der Waals surface area (Å²) < 4.78 is 13.6. The molecule has 1 N–H and O–H groups in total. The van der Waals surface area contributed by atoms with Crippen LogP contribution in [-0.2, 0) is 15.0 Å². The van der Waals surface area contributed by atoms with Crippen molar-refractivity contribution in [2.45, 2.75) is 50.4 Å². The lowest BCUT2D eigenvalue weighted by atomic mass is 9.63. The molecule has 1 aliphatic carbocycles. The van der Waals surface area contributed by atoms with Gasteiger partial charge in [0.1, 0.15) is 5.82 Å². The lowest BCUT2D eigenvalue weighted by Crippen LogP contribution is -2.53. The van der Waals surface area contributed by atoms with E-state index in [-0.39, 0.29) is 24.1 Å². The highest BCUT2D eigenvalue weighted by molar-refractivity contribution is 5.89. The number of carbonyl (C=O) groups is 2. The third-order valence-corrected chi connectivity index (χ3v) is 5.57. The maximum absolute atomic E-state index is 13.6. The van der Waals surface area contributed by atoms with Crippen molar-refractivity contribution in [2.24, 2.45) is 5.92 Å². The highest BCUT2D eigenvalue weighted by atomic mass is 19.1. The van der Waals surface area contributed by atoms with Gasteiger partial charge in [-0.25, -0.2) is 4.39 Å². The summed E-state index contributed by atoms with van der Waals surface area (Å²) in [5.41, 5.74) is 0.211. The smallest absolute Gasteiger partial charge is 0.303 e. The van der Waals surface area contributed by atoms with Crippen LogP contribution < -0.4 is 0 Å². The van der Waals surface area contributed by atoms with Crippen molar-refractivity contribution in [1.29, 1.82) is 0 Å². The van der Waals surface area contributed by atoms with Crippen molar-refractivity contribution in [3.05, 3.63) is 35.6 Å². The Hall–Kier alpha value is -1.91. The zero-order valence-corrected chi connectivity index (χ0v) is 13.8. The minimum absolute atomic E-state index is 0.0966. The fourth-order valence-electron chi connectivity index (χ4n) is 4.06. The van der Waals surface area contributed by atoms with Gasteiger partial charge in [0.25, 0.3) is 0 Å². The summed E-state index contributed by atoms with van der Waals surface area (Å²) in [6.07, 6.45) is 5.18. The van der Waals surface area contributed by atoms with Crippen molar-refractivity contribution < 1.29 is 19.1 Å². The second-order valence-electron chi connectivity index (χ2n) is 7.14. The van der Waals surface area contributed by atoms with Crippen molar-refractivity contribution >= 4 is 11.9 Å². The average Bonchev–Trinajstić information content (AvgIpc) is 2.52. The first kappa shape index (κ1) is 16.9. The van der Waals surface area contributed by atoms with E-state index in [1.165, 1.54) is 12.1 Å². The molecule has 2 aliphatic rings. The Labute approximate surface area is 141 Å². The molecule has 1 aromatic rings. The molecule has 24 heavy (non-hydrogen) atoms.